The summed E-state index contributed by atoms with van der Waals surface area (Å²) in [7, 11) is 0. The Morgan fingerprint density at radius 3 is 2.39 bits per heavy atom. The van der Waals surface area contributed by atoms with Gasteiger partial charge in [-0.2, -0.15) is 0 Å². The van der Waals surface area contributed by atoms with E-state index in [1.54, 1.807) is 0 Å². The topological polar surface area (TPSA) is 92.4 Å². The molecular weight excluding hydrogens is 252 g/mol. The molecule has 1 unspecified atom stereocenters. The van der Waals surface area contributed by atoms with Gasteiger partial charge in [0.05, 0.1) is 5.75 Å². The normalized spacial score (nSPS) is 14.3. The van der Waals surface area contributed by atoms with Gasteiger partial charge in [-0.05, 0) is 25.7 Å². The van der Waals surface area contributed by atoms with Gasteiger partial charge in [-0.25, -0.2) is 0 Å². The van der Waals surface area contributed by atoms with E-state index in [2.05, 4.69) is 19.2 Å². The van der Waals surface area contributed by atoms with Gasteiger partial charge in [-0.15, -0.1) is 11.8 Å². The zero-order valence-corrected chi connectivity index (χ0v) is 12.1. The molecule has 0 heterocycles. The summed E-state index contributed by atoms with van der Waals surface area (Å²) < 4.78 is 0. The molecular formula is C12H24N2O3S. The number of carbonyl (C=O) groups excluding carboxylic acids is 1. The first kappa shape index (κ1) is 17.2. The third-order valence-corrected chi connectivity index (χ3v) is 3.49. The van der Waals surface area contributed by atoms with Crippen LogP contribution >= 0.6 is 11.8 Å². The maximum absolute atomic E-state index is 11.5. The average Bonchev–Trinajstić information content (AvgIpc) is 2.25. The molecule has 0 aliphatic carbocycles. The molecule has 0 radical (unpaired) electrons. The van der Waals surface area contributed by atoms with Gasteiger partial charge >= 0.3 is 5.97 Å². The van der Waals surface area contributed by atoms with Gasteiger partial charge in [0.2, 0.25) is 5.91 Å². The van der Waals surface area contributed by atoms with Gasteiger partial charge in [0, 0.05) is 11.8 Å². The first-order valence-corrected chi connectivity index (χ1v) is 7.33. The first-order valence-electron chi connectivity index (χ1n) is 6.18. The number of carbonyl (C=O) groups is 2. The number of carboxylic acids is 1. The molecule has 6 heteroatoms. The monoisotopic (exact) mass is 276 g/mol. The molecule has 0 bridgehead atoms. The van der Waals surface area contributed by atoms with Crippen molar-refractivity contribution in [2.45, 2.75) is 45.7 Å². The van der Waals surface area contributed by atoms with Crippen molar-refractivity contribution in [3.63, 3.8) is 0 Å². The van der Waals surface area contributed by atoms with E-state index in [-0.39, 0.29) is 23.5 Å². The number of hydrogen-bond donors (Lipinski definition) is 3. The van der Waals surface area contributed by atoms with E-state index < -0.39 is 12.0 Å². The van der Waals surface area contributed by atoms with Crippen molar-refractivity contribution < 1.29 is 14.7 Å². The number of carboxylic acid groups (broad SMARTS) is 1. The average molecular weight is 276 g/mol. The number of nitrogens with one attached hydrogen (secondary N) is 1. The Bertz CT molecular complexity index is 272. The van der Waals surface area contributed by atoms with Gasteiger partial charge in [0.25, 0.3) is 0 Å². The van der Waals surface area contributed by atoms with Crippen LogP contribution in [0.4, 0.5) is 0 Å². The van der Waals surface area contributed by atoms with Crippen molar-refractivity contribution in [2.75, 3.05) is 11.5 Å². The van der Waals surface area contributed by atoms with Crippen molar-refractivity contribution in [3.8, 4) is 0 Å². The fourth-order valence-corrected chi connectivity index (χ4v) is 2.10. The molecule has 0 aromatic rings. The zero-order chi connectivity index (χ0) is 14.1. The van der Waals surface area contributed by atoms with E-state index in [0.29, 0.717) is 5.92 Å². The van der Waals surface area contributed by atoms with Crippen molar-refractivity contribution >= 4 is 23.6 Å². The minimum atomic E-state index is -1.03. The third-order valence-electron chi connectivity index (χ3n) is 2.43. The Kier molecular flexibility index (Phi) is 8.83. The SMILES string of the molecule is CC(C)CCC(C)NC(=O)CSC[C@H](N)C(=O)O. The predicted octanol–water partition coefficient (Wildman–Crippen LogP) is 1.07. The molecule has 2 atom stereocenters. The van der Waals surface area contributed by atoms with Crippen LogP contribution in [0, 0.1) is 5.92 Å². The van der Waals surface area contributed by atoms with E-state index in [1.807, 2.05) is 6.92 Å². The highest BCUT2D eigenvalue weighted by Crippen LogP contribution is 2.07. The Labute approximate surface area is 113 Å². The Morgan fingerprint density at radius 2 is 1.89 bits per heavy atom. The minimum Gasteiger partial charge on any atom is -0.480 e. The predicted molar refractivity (Wildman–Crippen MR) is 74.6 cm³/mol. The largest absolute Gasteiger partial charge is 0.480 e. The van der Waals surface area contributed by atoms with Crippen molar-refractivity contribution in [3.05, 3.63) is 0 Å². The van der Waals surface area contributed by atoms with Gasteiger partial charge in [0.1, 0.15) is 6.04 Å². The molecule has 0 saturated carbocycles. The summed E-state index contributed by atoms with van der Waals surface area (Å²) in [6.45, 7) is 6.28. The van der Waals surface area contributed by atoms with Crippen LogP contribution in [0.2, 0.25) is 0 Å². The molecule has 0 spiro atoms. The number of rotatable bonds is 9. The molecule has 0 saturated heterocycles. The Balaban J connectivity index is 3.67. The molecule has 0 fully saturated rings. The molecule has 0 rings (SSSR count). The van der Waals surface area contributed by atoms with Gasteiger partial charge < -0.3 is 16.2 Å². The van der Waals surface area contributed by atoms with Crippen molar-refractivity contribution in [2.24, 2.45) is 11.7 Å². The molecule has 0 aromatic heterocycles. The highest BCUT2D eigenvalue weighted by atomic mass is 32.2. The summed E-state index contributed by atoms with van der Waals surface area (Å²) in [6, 6.07) is -0.741. The van der Waals surface area contributed by atoms with E-state index in [9.17, 15) is 9.59 Å². The molecule has 18 heavy (non-hydrogen) atoms. The van der Waals surface area contributed by atoms with Gasteiger partial charge in [-0.3, -0.25) is 9.59 Å². The Morgan fingerprint density at radius 1 is 1.28 bits per heavy atom. The summed E-state index contributed by atoms with van der Waals surface area (Å²) in [5, 5.41) is 11.5. The van der Waals surface area contributed by atoms with E-state index in [4.69, 9.17) is 10.8 Å². The number of hydrogen-bond acceptors (Lipinski definition) is 4. The second kappa shape index (κ2) is 9.22. The number of thioether (sulfide) groups is 1. The quantitative estimate of drug-likeness (QED) is 0.586. The van der Waals surface area contributed by atoms with Crippen LogP contribution in [-0.4, -0.2) is 40.6 Å². The Hall–Kier alpha value is -0.750. The summed E-state index contributed by atoms with van der Waals surface area (Å²) in [6.07, 6.45) is 2.04. The lowest BCUT2D eigenvalue weighted by molar-refractivity contribution is -0.138. The summed E-state index contributed by atoms with van der Waals surface area (Å²) >= 11 is 1.25. The van der Waals surface area contributed by atoms with Crippen molar-refractivity contribution in [1.82, 2.24) is 5.32 Å². The maximum atomic E-state index is 11.5. The molecule has 0 aliphatic rings. The molecule has 5 nitrogen and oxygen atoms in total. The summed E-state index contributed by atoms with van der Waals surface area (Å²) in [5.74, 6) is 0.0465. The third kappa shape index (κ3) is 9.30. The standard InChI is InChI=1S/C12H24N2O3S/c1-8(2)4-5-9(3)14-11(15)7-18-6-10(13)12(16)17/h8-10H,4-7,13H2,1-3H3,(H,14,15)(H,16,17)/t9?,10-/m0/s1. The second-order valence-corrected chi connectivity index (χ2v) is 5.93. The lowest BCUT2D eigenvalue weighted by Crippen LogP contribution is -2.36. The first-order chi connectivity index (χ1) is 8.32. The van der Waals surface area contributed by atoms with E-state index in [1.165, 1.54) is 11.8 Å². The number of amides is 1. The van der Waals surface area contributed by atoms with E-state index >= 15 is 0 Å². The van der Waals surface area contributed by atoms with Crippen LogP contribution in [0.1, 0.15) is 33.6 Å². The maximum Gasteiger partial charge on any atom is 0.321 e. The molecule has 1 amide bonds. The van der Waals surface area contributed by atoms with Crippen LogP contribution < -0.4 is 11.1 Å². The fraction of sp³-hybridized carbons (Fsp3) is 0.833. The molecule has 106 valence electrons. The van der Waals surface area contributed by atoms with Gasteiger partial charge in [0.15, 0.2) is 0 Å². The molecule has 0 aliphatic heterocycles. The minimum absolute atomic E-state index is 0.0613. The molecule has 0 aromatic carbocycles. The molecule has 4 N–H and O–H groups in total. The smallest absolute Gasteiger partial charge is 0.321 e. The lowest BCUT2D eigenvalue weighted by Gasteiger charge is -2.15. The van der Waals surface area contributed by atoms with Gasteiger partial charge in [-0.1, -0.05) is 13.8 Å². The van der Waals surface area contributed by atoms with Crippen LogP contribution in [0.25, 0.3) is 0 Å². The highest BCUT2D eigenvalue weighted by molar-refractivity contribution is 8.00. The van der Waals surface area contributed by atoms with Crippen LogP contribution in [0.15, 0.2) is 0 Å². The van der Waals surface area contributed by atoms with Crippen LogP contribution in [0.5, 0.6) is 0 Å². The highest BCUT2D eigenvalue weighted by Gasteiger charge is 2.13. The van der Waals surface area contributed by atoms with Crippen LogP contribution in [0.3, 0.4) is 0 Å². The summed E-state index contributed by atoms with van der Waals surface area (Å²) in [5.41, 5.74) is 5.33. The van der Waals surface area contributed by atoms with E-state index in [0.717, 1.165) is 12.8 Å². The summed E-state index contributed by atoms with van der Waals surface area (Å²) in [4.78, 5) is 22.0. The fourth-order valence-electron chi connectivity index (χ4n) is 1.32. The van der Waals surface area contributed by atoms with Crippen LogP contribution in [-0.2, 0) is 9.59 Å². The number of nitrogens with two attached hydrogens (primary N) is 1. The second-order valence-electron chi connectivity index (χ2n) is 4.90. The zero-order valence-electron chi connectivity index (χ0n) is 11.3. The lowest BCUT2D eigenvalue weighted by atomic mass is 10.0. The van der Waals surface area contributed by atoms with Crippen molar-refractivity contribution in [1.29, 1.82) is 0 Å². The number of aliphatic carboxylic acids is 1.